The smallest absolute Gasteiger partial charge is 0.0400 e. The highest BCUT2D eigenvalue weighted by atomic mass is 14.9. The Labute approximate surface area is 109 Å². The lowest BCUT2D eigenvalue weighted by molar-refractivity contribution is 1.13. The largest absolute Gasteiger partial charge is 0.381 e. The molecular weight excluding hydrogens is 218 g/mol. The van der Waals surface area contributed by atoms with E-state index in [-0.39, 0.29) is 0 Å². The molecule has 0 unspecified atom stereocenters. The van der Waals surface area contributed by atoms with Crippen molar-refractivity contribution in [2.75, 3.05) is 5.32 Å². The summed E-state index contributed by atoms with van der Waals surface area (Å²) in [5.74, 6) is 2.64. The van der Waals surface area contributed by atoms with Crippen molar-refractivity contribution < 1.29 is 0 Å². The molecule has 0 atom stereocenters. The van der Waals surface area contributed by atoms with Gasteiger partial charge < -0.3 is 5.32 Å². The fourth-order valence-electron chi connectivity index (χ4n) is 1.84. The second-order valence-corrected chi connectivity index (χ2v) is 4.50. The molecule has 2 aromatic carbocycles. The molecule has 0 saturated carbocycles. The van der Waals surface area contributed by atoms with Crippen LogP contribution >= 0.6 is 0 Å². The fourth-order valence-corrected chi connectivity index (χ4v) is 1.84. The summed E-state index contributed by atoms with van der Waals surface area (Å²) in [5.41, 5.74) is 5.90. The lowest BCUT2D eigenvalue weighted by atomic mass is 10.1. The summed E-state index contributed by atoms with van der Waals surface area (Å²) in [4.78, 5) is 0. The predicted octanol–water partition coefficient (Wildman–Crippen LogP) is 3.90. The topological polar surface area (TPSA) is 12.0 Å². The quantitative estimate of drug-likeness (QED) is 0.796. The monoisotopic (exact) mass is 235 g/mol. The fraction of sp³-hybridized carbons (Fsp3) is 0.176. The zero-order chi connectivity index (χ0) is 13.0. The van der Waals surface area contributed by atoms with Crippen LogP contribution in [-0.4, -0.2) is 0 Å². The van der Waals surface area contributed by atoms with Gasteiger partial charge in [0.25, 0.3) is 0 Å². The molecule has 90 valence electrons. The van der Waals surface area contributed by atoms with E-state index in [0.29, 0.717) is 0 Å². The van der Waals surface area contributed by atoms with Crippen LogP contribution in [-0.2, 0) is 6.54 Å². The zero-order valence-corrected chi connectivity index (χ0v) is 10.8. The Morgan fingerprint density at radius 3 is 2.61 bits per heavy atom. The lowest BCUT2D eigenvalue weighted by Crippen LogP contribution is -2.00. The normalized spacial score (nSPS) is 9.83. The van der Waals surface area contributed by atoms with Crippen molar-refractivity contribution in [1.82, 2.24) is 0 Å². The summed E-state index contributed by atoms with van der Waals surface area (Å²) >= 11 is 0. The molecular formula is C17H17N. The average molecular weight is 235 g/mol. The Morgan fingerprint density at radius 2 is 1.89 bits per heavy atom. The Kier molecular flexibility index (Phi) is 3.69. The van der Waals surface area contributed by atoms with Crippen LogP contribution in [0, 0.1) is 26.2 Å². The van der Waals surface area contributed by atoms with Crippen LogP contribution in [0.1, 0.15) is 22.3 Å². The molecule has 1 N–H and O–H groups in total. The zero-order valence-electron chi connectivity index (χ0n) is 10.8. The highest BCUT2D eigenvalue weighted by molar-refractivity contribution is 5.50. The first-order valence-electron chi connectivity index (χ1n) is 6.06. The molecule has 0 amide bonds. The second-order valence-electron chi connectivity index (χ2n) is 4.50. The number of hydrogen-bond donors (Lipinski definition) is 1. The van der Waals surface area contributed by atoms with Gasteiger partial charge in [-0.3, -0.25) is 0 Å². The van der Waals surface area contributed by atoms with E-state index in [4.69, 9.17) is 6.42 Å². The second kappa shape index (κ2) is 5.42. The first-order chi connectivity index (χ1) is 8.69. The summed E-state index contributed by atoms with van der Waals surface area (Å²) in [6, 6.07) is 14.4. The minimum Gasteiger partial charge on any atom is -0.381 e. The van der Waals surface area contributed by atoms with Crippen LogP contribution in [0.2, 0.25) is 0 Å². The number of aryl methyl sites for hydroxylation is 2. The van der Waals surface area contributed by atoms with E-state index in [0.717, 1.165) is 17.8 Å². The Morgan fingerprint density at radius 1 is 1.06 bits per heavy atom. The van der Waals surface area contributed by atoms with Gasteiger partial charge in [-0.15, -0.1) is 6.42 Å². The van der Waals surface area contributed by atoms with Crippen LogP contribution in [0.25, 0.3) is 0 Å². The molecule has 2 rings (SSSR count). The number of hydrogen-bond acceptors (Lipinski definition) is 1. The third-order valence-corrected chi connectivity index (χ3v) is 3.10. The molecule has 0 aliphatic heterocycles. The van der Waals surface area contributed by atoms with E-state index in [1.807, 2.05) is 24.3 Å². The molecule has 0 radical (unpaired) electrons. The van der Waals surface area contributed by atoms with Crippen LogP contribution in [0.3, 0.4) is 0 Å². The first kappa shape index (κ1) is 12.3. The molecule has 1 nitrogen and oxygen atoms in total. The molecule has 0 aliphatic rings. The van der Waals surface area contributed by atoms with Gasteiger partial charge in [-0.25, -0.2) is 0 Å². The minimum absolute atomic E-state index is 0.815. The van der Waals surface area contributed by atoms with Crippen molar-refractivity contribution in [3.8, 4) is 12.3 Å². The molecule has 0 aliphatic carbocycles. The van der Waals surface area contributed by atoms with Crippen molar-refractivity contribution in [2.24, 2.45) is 0 Å². The Bertz CT molecular complexity index is 591. The maximum absolute atomic E-state index is 5.38. The van der Waals surface area contributed by atoms with Crippen molar-refractivity contribution in [3.63, 3.8) is 0 Å². The number of benzene rings is 2. The van der Waals surface area contributed by atoms with E-state index in [1.54, 1.807) is 0 Å². The summed E-state index contributed by atoms with van der Waals surface area (Å²) in [6.07, 6.45) is 5.38. The Balaban J connectivity index is 2.07. The summed E-state index contributed by atoms with van der Waals surface area (Å²) in [5, 5.41) is 3.39. The summed E-state index contributed by atoms with van der Waals surface area (Å²) in [6.45, 7) is 5.08. The highest BCUT2D eigenvalue weighted by Gasteiger charge is 1.97. The lowest BCUT2D eigenvalue weighted by Gasteiger charge is -2.08. The van der Waals surface area contributed by atoms with Gasteiger partial charge >= 0.3 is 0 Å². The van der Waals surface area contributed by atoms with E-state index in [2.05, 4.69) is 43.3 Å². The van der Waals surface area contributed by atoms with Crippen molar-refractivity contribution in [2.45, 2.75) is 20.4 Å². The van der Waals surface area contributed by atoms with E-state index in [1.165, 1.54) is 16.7 Å². The molecule has 0 spiro atoms. The number of rotatable bonds is 3. The summed E-state index contributed by atoms with van der Waals surface area (Å²) < 4.78 is 0. The molecule has 0 saturated heterocycles. The Hall–Kier alpha value is -2.20. The third-order valence-electron chi connectivity index (χ3n) is 3.10. The van der Waals surface area contributed by atoms with E-state index >= 15 is 0 Å². The van der Waals surface area contributed by atoms with Crippen molar-refractivity contribution >= 4 is 5.69 Å². The summed E-state index contributed by atoms with van der Waals surface area (Å²) in [7, 11) is 0. The van der Waals surface area contributed by atoms with E-state index < -0.39 is 0 Å². The van der Waals surface area contributed by atoms with Crippen LogP contribution in [0.15, 0.2) is 42.5 Å². The van der Waals surface area contributed by atoms with Crippen LogP contribution in [0.5, 0.6) is 0 Å². The minimum atomic E-state index is 0.815. The van der Waals surface area contributed by atoms with Gasteiger partial charge in [0.15, 0.2) is 0 Å². The number of terminal acetylenes is 1. The average Bonchev–Trinajstić information content (AvgIpc) is 2.40. The van der Waals surface area contributed by atoms with Crippen LogP contribution < -0.4 is 5.32 Å². The predicted molar refractivity (Wildman–Crippen MR) is 77.6 cm³/mol. The number of nitrogens with one attached hydrogen (secondary N) is 1. The van der Waals surface area contributed by atoms with Crippen LogP contribution in [0.4, 0.5) is 5.69 Å². The van der Waals surface area contributed by atoms with Crippen molar-refractivity contribution in [1.29, 1.82) is 0 Å². The van der Waals surface area contributed by atoms with Gasteiger partial charge in [0, 0.05) is 17.8 Å². The molecule has 0 aromatic heterocycles. The van der Waals surface area contributed by atoms with Gasteiger partial charge in [-0.1, -0.05) is 30.2 Å². The van der Waals surface area contributed by atoms with Gasteiger partial charge in [-0.2, -0.15) is 0 Å². The first-order valence-corrected chi connectivity index (χ1v) is 6.06. The third kappa shape index (κ3) is 2.93. The highest BCUT2D eigenvalue weighted by Crippen LogP contribution is 2.14. The van der Waals surface area contributed by atoms with Crippen molar-refractivity contribution in [3.05, 3.63) is 64.7 Å². The maximum atomic E-state index is 5.38. The molecule has 0 bridgehead atoms. The van der Waals surface area contributed by atoms with E-state index in [9.17, 15) is 0 Å². The number of anilines is 1. The van der Waals surface area contributed by atoms with Gasteiger partial charge in [0.05, 0.1) is 0 Å². The van der Waals surface area contributed by atoms with Gasteiger partial charge in [-0.05, 0) is 48.7 Å². The molecule has 18 heavy (non-hydrogen) atoms. The SMILES string of the molecule is C#Cc1cccc(NCc2ccc(C)c(C)c2)c1. The van der Waals surface area contributed by atoms with Gasteiger partial charge in [0.1, 0.15) is 0 Å². The molecule has 0 heterocycles. The molecule has 0 fully saturated rings. The van der Waals surface area contributed by atoms with Gasteiger partial charge in [0.2, 0.25) is 0 Å². The standard InChI is InChI=1S/C17H17N/c1-4-15-6-5-7-17(11-15)18-12-16-9-8-13(2)14(3)10-16/h1,5-11,18H,12H2,2-3H3. The molecule has 2 aromatic rings. The maximum Gasteiger partial charge on any atom is 0.0400 e. The molecule has 1 heteroatoms.